The van der Waals surface area contributed by atoms with Crippen molar-refractivity contribution in [3.05, 3.63) is 0 Å². The summed E-state index contributed by atoms with van der Waals surface area (Å²) >= 11 is 0. The molecule has 1 N–H and O–H groups in total. The van der Waals surface area contributed by atoms with Crippen LogP contribution in [0.15, 0.2) is 0 Å². The number of nitrogens with zero attached hydrogens (tertiary/aromatic N) is 1. The predicted molar refractivity (Wildman–Crippen MR) is 91.5 cm³/mol. The Morgan fingerprint density at radius 1 is 1.39 bits per heavy atom. The Morgan fingerprint density at radius 3 is 2.61 bits per heavy atom. The molecule has 1 aliphatic carbocycles. The fourth-order valence-corrected chi connectivity index (χ4v) is 3.96. The minimum Gasteiger partial charge on any atom is -0.444 e. The summed E-state index contributed by atoms with van der Waals surface area (Å²) in [5.41, 5.74) is -0.280. The van der Waals surface area contributed by atoms with Crippen LogP contribution in [0.25, 0.3) is 0 Å². The number of amides is 1. The van der Waals surface area contributed by atoms with Crippen LogP contribution in [0.3, 0.4) is 0 Å². The van der Waals surface area contributed by atoms with Crippen LogP contribution in [0.4, 0.5) is 4.79 Å². The zero-order valence-electron chi connectivity index (χ0n) is 15.8. The lowest BCUT2D eigenvalue weighted by atomic mass is 9.57. The number of carbonyl (C=O) groups excluding carboxylic acids is 1. The Labute approximate surface area is 141 Å². The summed E-state index contributed by atoms with van der Waals surface area (Å²) in [6, 6.07) is 0.603. The van der Waals surface area contributed by atoms with Crippen molar-refractivity contribution in [2.45, 2.75) is 78.7 Å². The lowest BCUT2D eigenvalue weighted by Crippen LogP contribution is -2.66. The summed E-state index contributed by atoms with van der Waals surface area (Å²) in [6.45, 7) is 16.6. The van der Waals surface area contributed by atoms with Crippen molar-refractivity contribution < 1.29 is 14.3 Å². The van der Waals surface area contributed by atoms with Gasteiger partial charge in [0.05, 0.1) is 6.10 Å². The molecule has 3 unspecified atom stereocenters. The molecular weight excluding hydrogens is 292 g/mol. The Kier molecular flexibility index (Phi) is 5.31. The molecule has 0 radical (unpaired) electrons. The van der Waals surface area contributed by atoms with Crippen molar-refractivity contribution in [2.75, 3.05) is 19.7 Å². The van der Waals surface area contributed by atoms with E-state index in [1.165, 1.54) is 0 Å². The SMILES string of the molecule is CC(C)N(CCNC1C2CCOC2C1(C)C)C(=O)OC(C)(C)C. The number of hydrogen-bond acceptors (Lipinski definition) is 4. The first kappa shape index (κ1) is 18.5. The van der Waals surface area contributed by atoms with Gasteiger partial charge in [0.1, 0.15) is 5.60 Å². The average Bonchev–Trinajstić information content (AvgIpc) is 2.82. The molecule has 1 saturated carbocycles. The van der Waals surface area contributed by atoms with Crippen molar-refractivity contribution in [1.29, 1.82) is 0 Å². The zero-order valence-corrected chi connectivity index (χ0v) is 15.8. The lowest BCUT2D eigenvalue weighted by Gasteiger charge is -2.55. The number of rotatable bonds is 5. The number of nitrogens with one attached hydrogen (secondary N) is 1. The van der Waals surface area contributed by atoms with E-state index in [-0.39, 0.29) is 17.6 Å². The van der Waals surface area contributed by atoms with Crippen molar-refractivity contribution in [2.24, 2.45) is 11.3 Å². The third kappa shape index (κ3) is 4.00. The molecule has 0 aromatic carbocycles. The molecule has 5 heteroatoms. The molecule has 1 saturated heterocycles. The van der Waals surface area contributed by atoms with Gasteiger partial charge in [-0.3, -0.25) is 0 Å². The largest absolute Gasteiger partial charge is 0.444 e. The van der Waals surface area contributed by atoms with Gasteiger partial charge < -0.3 is 19.7 Å². The van der Waals surface area contributed by atoms with Gasteiger partial charge in [0.15, 0.2) is 0 Å². The molecule has 0 spiro atoms. The first-order chi connectivity index (χ1) is 10.5. The van der Waals surface area contributed by atoms with Gasteiger partial charge >= 0.3 is 6.09 Å². The van der Waals surface area contributed by atoms with E-state index in [1.807, 2.05) is 34.6 Å². The van der Waals surface area contributed by atoms with Crippen LogP contribution in [-0.4, -0.2) is 54.5 Å². The summed E-state index contributed by atoms with van der Waals surface area (Å²) in [5, 5.41) is 3.65. The van der Waals surface area contributed by atoms with Gasteiger partial charge in [0.2, 0.25) is 0 Å². The second-order valence-electron chi connectivity index (χ2n) is 8.76. The molecule has 2 aliphatic rings. The minimum atomic E-state index is -0.456. The van der Waals surface area contributed by atoms with Crippen LogP contribution in [0.1, 0.15) is 54.9 Å². The van der Waals surface area contributed by atoms with Gasteiger partial charge in [-0.2, -0.15) is 0 Å². The summed E-state index contributed by atoms with van der Waals surface area (Å²) in [7, 11) is 0. The fourth-order valence-electron chi connectivity index (χ4n) is 3.96. The molecule has 1 heterocycles. The lowest BCUT2D eigenvalue weighted by molar-refractivity contribution is -0.112. The fraction of sp³-hybridized carbons (Fsp3) is 0.944. The standard InChI is InChI=1S/C18H34N2O3/c1-12(2)20(16(21)23-17(3,4)5)10-9-19-14-13-8-11-22-15(13)18(14,6)7/h12-15,19H,8-11H2,1-7H3. The van der Waals surface area contributed by atoms with Crippen LogP contribution in [-0.2, 0) is 9.47 Å². The summed E-state index contributed by atoms with van der Waals surface area (Å²) < 4.78 is 11.3. The average molecular weight is 326 g/mol. The quantitative estimate of drug-likeness (QED) is 0.844. The maximum Gasteiger partial charge on any atom is 0.410 e. The Morgan fingerprint density at radius 2 is 2.04 bits per heavy atom. The maximum absolute atomic E-state index is 12.3. The van der Waals surface area contributed by atoms with Gasteiger partial charge in [-0.25, -0.2) is 4.79 Å². The number of fused-ring (bicyclic) bond motifs is 1. The van der Waals surface area contributed by atoms with Gasteiger partial charge in [0.25, 0.3) is 0 Å². The third-order valence-corrected chi connectivity index (χ3v) is 5.07. The molecule has 1 aliphatic heterocycles. The third-order valence-electron chi connectivity index (χ3n) is 5.07. The van der Waals surface area contributed by atoms with Crippen LogP contribution < -0.4 is 5.32 Å². The van der Waals surface area contributed by atoms with Crippen LogP contribution in [0.5, 0.6) is 0 Å². The zero-order chi connectivity index (χ0) is 17.4. The van der Waals surface area contributed by atoms with Crippen molar-refractivity contribution in [3.8, 4) is 0 Å². The molecule has 2 rings (SSSR count). The van der Waals surface area contributed by atoms with Crippen LogP contribution in [0, 0.1) is 11.3 Å². The van der Waals surface area contributed by atoms with E-state index in [4.69, 9.17) is 9.47 Å². The maximum atomic E-state index is 12.3. The Balaban J connectivity index is 1.84. The topological polar surface area (TPSA) is 50.8 Å². The summed E-state index contributed by atoms with van der Waals surface area (Å²) in [6.07, 6.45) is 1.31. The van der Waals surface area contributed by atoms with Crippen LogP contribution in [0.2, 0.25) is 0 Å². The highest BCUT2D eigenvalue weighted by Crippen LogP contribution is 2.51. The first-order valence-corrected chi connectivity index (χ1v) is 8.88. The molecule has 2 fully saturated rings. The van der Waals surface area contributed by atoms with Crippen molar-refractivity contribution in [1.82, 2.24) is 10.2 Å². The molecule has 134 valence electrons. The molecule has 0 aromatic rings. The van der Waals surface area contributed by atoms with Crippen molar-refractivity contribution >= 4 is 6.09 Å². The number of hydrogen-bond donors (Lipinski definition) is 1. The number of carbonyl (C=O) groups is 1. The van der Waals surface area contributed by atoms with Gasteiger partial charge in [-0.1, -0.05) is 13.8 Å². The van der Waals surface area contributed by atoms with E-state index in [2.05, 4.69) is 19.2 Å². The van der Waals surface area contributed by atoms with Gasteiger partial charge in [0, 0.05) is 43.1 Å². The summed E-state index contributed by atoms with van der Waals surface area (Å²) in [4.78, 5) is 14.1. The number of ether oxygens (including phenoxy) is 2. The smallest absolute Gasteiger partial charge is 0.410 e. The van der Waals surface area contributed by atoms with E-state index in [1.54, 1.807) is 4.90 Å². The first-order valence-electron chi connectivity index (χ1n) is 8.88. The monoisotopic (exact) mass is 326 g/mol. The molecule has 5 nitrogen and oxygen atoms in total. The summed E-state index contributed by atoms with van der Waals surface area (Å²) in [5.74, 6) is 0.624. The molecular formula is C18H34N2O3. The second-order valence-corrected chi connectivity index (χ2v) is 8.76. The van der Waals surface area contributed by atoms with Gasteiger partial charge in [-0.15, -0.1) is 0 Å². The predicted octanol–water partition coefficient (Wildman–Crippen LogP) is 3.04. The van der Waals surface area contributed by atoms with E-state index < -0.39 is 5.60 Å². The Bertz CT molecular complexity index is 428. The van der Waals surface area contributed by atoms with Crippen LogP contribution >= 0.6 is 0 Å². The highest BCUT2D eigenvalue weighted by molar-refractivity contribution is 5.68. The van der Waals surface area contributed by atoms with E-state index >= 15 is 0 Å². The molecule has 3 atom stereocenters. The molecule has 0 bridgehead atoms. The van der Waals surface area contributed by atoms with E-state index in [9.17, 15) is 4.79 Å². The highest BCUT2D eigenvalue weighted by atomic mass is 16.6. The van der Waals surface area contributed by atoms with Crippen molar-refractivity contribution in [3.63, 3.8) is 0 Å². The molecule has 23 heavy (non-hydrogen) atoms. The second kappa shape index (κ2) is 6.60. The normalized spacial score (nSPS) is 29.1. The van der Waals surface area contributed by atoms with E-state index in [0.717, 1.165) is 19.6 Å². The highest BCUT2D eigenvalue weighted by Gasteiger charge is 2.58. The minimum absolute atomic E-state index is 0.128. The molecule has 1 amide bonds. The Hall–Kier alpha value is -0.810. The molecule has 0 aromatic heterocycles. The van der Waals surface area contributed by atoms with Gasteiger partial charge in [-0.05, 0) is 41.0 Å². The van der Waals surface area contributed by atoms with E-state index in [0.29, 0.717) is 24.6 Å².